The monoisotopic (exact) mass is 324 g/mol. The molecule has 0 N–H and O–H groups in total. The largest absolute Gasteiger partial charge is 0.460 e. The van der Waals surface area contributed by atoms with E-state index in [4.69, 9.17) is 0 Å². The number of esters is 1. The number of alkyl halides is 1. The van der Waals surface area contributed by atoms with Gasteiger partial charge >= 0.3 is 5.97 Å². The molecule has 6 nitrogen and oxygen atoms in total. The Kier molecular flexibility index (Phi) is 2.59. The number of hydrogen-bond donors (Lipinski definition) is 0. The molecule has 0 aromatic rings. The summed E-state index contributed by atoms with van der Waals surface area (Å²) in [4.78, 5) is 23.5. The van der Waals surface area contributed by atoms with Gasteiger partial charge in [-0.25, -0.2) is 13.2 Å². The van der Waals surface area contributed by atoms with Crippen LogP contribution in [0.5, 0.6) is 0 Å². The molecule has 0 aromatic carbocycles. The van der Waals surface area contributed by atoms with Crippen LogP contribution in [0.3, 0.4) is 0 Å². The lowest BCUT2D eigenvalue weighted by atomic mass is 9.98. The first-order valence-electron chi connectivity index (χ1n) is 4.83. The van der Waals surface area contributed by atoms with Gasteiger partial charge in [0.2, 0.25) is 5.91 Å². The second kappa shape index (κ2) is 3.44. The van der Waals surface area contributed by atoms with Gasteiger partial charge < -0.3 is 9.64 Å². The Bertz CT molecular complexity index is 500. The van der Waals surface area contributed by atoms with Gasteiger partial charge in [0.05, 0.1) is 0 Å². The predicted molar refractivity (Wildman–Crippen MR) is 61.6 cm³/mol. The van der Waals surface area contributed by atoms with E-state index in [0.717, 1.165) is 4.90 Å². The molecule has 1 radical (unpaired) electrons. The van der Waals surface area contributed by atoms with Crippen molar-refractivity contribution in [1.29, 1.82) is 0 Å². The van der Waals surface area contributed by atoms with Crippen molar-refractivity contribution < 1.29 is 22.7 Å². The summed E-state index contributed by atoms with van der Waals surface area (Å²) in [6, 6.07) is -1.13. The molecule has 17 heavy (non-hydrogen) atoms. The van der Waals surface area contributed by atoms with E-state index in [1.54, 1.807) is 0 Å². The van der Waals surface area contributed by atoms with E-state index in [9.17, 15) is 18.0 Å². The maximum atomic E-state index is 12.2. The van der Waals surface area contributed by atoms with Crippen LogP contribution in [-0.4, -0.2) is 46.2 Å². The highest BCUT2D eigenvalue weighted by Gasteiger charge is 2.71. The van der Waals surface area contributed by atoms with E-state index in [0.29, 0.717) is 0 Å². The van der Waals surface area contributed by atoms with Crippen molar-refractivity contribution in [1.82, 2.24) is 4.90 Å². The van der Waals surface area contributed by atoms with Crippen molar-refractivity contribution >= 4 is 37.6 Å². The number of sulfone groups is 1. The van der Waals surface area contributed by atoms with Gasteiger partial charge in [-0.15, -0.1) is 0 Å². The quantitative estimate of drug-likeness (QED) is 0.380. The number of carbonyl (C=O) groups excluding carboxylic acids is 2. The molecule has 0 unspecified atom stereocenters. The minimum absolute atomic E-state index is 0.417. The van der Waals surface area contributed by atoms with Crippen LogP contribution in [0.2, 0.25) is 0 Å². The van der Waals surface area contributed by atoms with Gasteiger partial charge in [0.15, 0.2) is 15.2 Å². The Morgan fingerprint density at radius 3 is 2.53 bits per heavy atom. The van der Waals surface area contributed by atoms with Crippen LogP contribution >= 0.6 is 15.9 Å². The molecule has 0 spiro atoms. The average molecular weight is 325 g/mol. The van der Waals surface area contributed by atoms with Crippen LogP contribution in [0.25, 0.3) is 0 Å². The summed E-state index contributed by atoms with van der Waals surface area (Å²) in [5.74, 6) is -1.23. The Hall–Kier alpha value is -0.630. The van der Waals surface area contributed by atoms with Crippen LogP contribution in [0.15, 0.2) is 0 Å². The van der Waals surface area contributed by atoms with Crippen molar-refractivity contribution in [2.75, 3.05) is 0 Å². The summed E-state index contributed by atoms with van der Waals surface area (Å²) in [5, 5.41) is -0.992. The first-order valence-corrected chi connectivity index (χ1v) is 7.29. The molecule has 2 rings (SSSR count). The minimum atomic E-state index is -3.62. The SMILES string of the molecule is [CH2]OC(=O)[C@@H]1N2C(=O)[C@@H](Br)[C@H]2S(=O)(=O)C1(C)C. The maximum Gasteiger partial charge on any atom is 0.330 e. The summed E-state index contributed by atoms with van der Waals surface area (Å²) in [6.07, 6.45) is 0. The fourth-order valence-electron chi connectivity index (χ4n) is 2.31. The Morgan fingerprint density at radius 1 is 1.53 bits per heavy atom. The molecular weight excluding hydrogens is 314 g/mol. The van der Waals surface area contributed by atoms with E-state index in [1.165, 1.54) is 13.8 Å². The molecule has 0 bridgehead atoms. The molecule has 95 valence electrons. The second-order valence-electron chi connectivity index (χ2n) is 4.55. The Labute approximate surface area is 107 Å². The van der Waals surface area contributed by atoms with Gasteiger partial charge in [0.25, 0.3) is 0 Å². The van der Waals surface area contributed by atoms with Crippen molar-refractivity contribution in [3.05, 3.63) is 7.11 Å². The normalized spacial score (nSPS) is 37.3. The van der Waals surface area contributed by atoms with Gasteiger partial charge in [0, 0.05) is 0 Å². The lowest BCUT2D eigenvalue weighted by Gasteiger charge is -2.39. The molecule has 8 heteroatoms. The minimum Gasteiger partial charge on any atom is -0.460 e. The van der Waals surface area contributed by atoms with Crippen LogP contribution in [0.4, 0.5) is 0 Å². The lowest BCUT2D eigenvalue weighted by Crippen LogP contribution is -2.64. The molecule has 0 aliphatic carbocycles. The first-order chi connectivity index (χ1) is 7.67. The number of nitrogens with zero attached hydrogens (tertiary/aromatic N) is 1. The molecule has 2 saturated heterocycles. The van der Waals surface area contributed by atoms with Crippen molar-refractivity contribution in [3.63, 3.8) is 0 Å². The number of amides is 1. The second-order valence-corrected chi connectivity index (χ2v) is 8.16. The fourth-order valence-corrected chi connectivity index (χ4v) is 5.75. The molecule has 1 amide bonds. The third-order valence-corrected chi connectivity index (χ3v) is 7.44. The molecular formula is C9H11BrNO5S. The topological polar surface area (TPSA) is 80.8 Å². The zero-order valence-corrected chi connectivity index (χ0v) is 11.6. The highest BCUT2D eigenvalue weighted by Crippen LogP contribution is 2.48. The molecule has 3 atom stereocenters. The third kappa shape index (κ3) is 1.28. The summed E-state index contributed by atoms with van der Waals surface area (Å²) in [7, 11) is -0.645. The van der Waals surface area contributed by atoms with Gasteiger partial charge in [-0.3, -0.25) is 4.79 Å². The number of β-lactam (4-membered cyclic amide) rings is 1. The number of halogens is 1. The van der Waals surface area contributed by atoms with Crippen LogP contribution in [0.1, 0.15) is 13.8 Å². The van der Waals surface area contributed by atoms with Crippen molar-refractivity contribution in [2.45, 2.75) is 34.8 Å². The zero-order valence-electron chi connectivity index (χ0n) is 9.21. The predicted octanol–water partition coefficient (Wildman–Crippen LogP) is -0.171. The summed E-state index contributed by atoms with van der Waals surface area (Å²) in [6.45, 7) is 2.82. The average Bonchev–Trinajstić information content (AvgIpc) is 2.40. The summed E-state index contributed by atoms with van der Waals surface area (Å²) < 4.78 is 27.4. The van der Waals surface area contributed by atoms with E-state index >= 15 is 0 Å². The molecule has 2 aliphatic heterocycles. The van der Waals surface area contributed by atoms with Crippen LogP contribution in [-0.2, 0) is 24.2 Å². The summed E-state index contributed by atoms with van der Waals surface area (Å²) in [5.41, 5.74) is 0. The Morgan fingerprint density at radius 2 is 2.06 bits per heavy atom. The maximum absolute atomic E-state index is 12.2. The molecule has 0 aromatic heterocycles. The smallest absolute Gasteiger partial charge is 0.330 e. The first kappa shape index (κ1) is 12.8. The Balaban J connectivity index is 2.55. The van der Waals surface area contributed by atoms with Gasteiger partial charge in [-0.2, -0.15) is 0 Å². The zero-order chi connectivity index (χ0) is 13.2. The number of rotatable bonds is 1. The molecule has 2 fully saturated rings. The number of fused-ring (bicyclic) bond motifs is 1. The fraction of sp³-hybridized carbons (Fsp3) is 0.667. The van der Waals surface area contributed by atoms with Gasteiger partial charge in [-0.1, -0.05) is 15.9 Å². The van der Waals surface area contributed by atoms with E-state index < -0.39 is 42.7 Å². The van der Waals surface area contributed by atoms with E-state index in [-0.39, 0.29) is 0 Å². The summed E-state index contributed by atoms with van der Waals surface area (Å²) >= 11 is 3.02. The molecule has 2 heterocycles. The number of hydrogen-bond acceptors (Lipinski definition) is 5. The number of ether oxygens (including phenoxy) is 1. The molecule has 0 saturated carbocycles. The van der Waals surface area contributed by atoms with E-state index in [1.807, 2.05) is 0 Å². The van der Waals surface area contributed by atoms with Gasteiger partial charge in [0.1, 0.15) is 22.7 Å². The van der Waals surface area contributed by atoms with E-state index in [2.05, 4.69) is 27.8 Å². The molecule has 2 aliphatic rings. The van der Waals surface area contributed by atoms with Crippen molar-refractivity contribution in [2.24, 2.45) is 0 Å². The highest BCUT2D eigenvalue weighted by atomic mass is 79.9. The van der Waals surface area contributed by atoms with Gasteiger partial charge in [-0.05, 0) is 13.8 Å². The van der Waals surface area contributed by atoms with Crippen molar-refractivity contribution in [3.8, 4) is 0 Å². The third-order valence-electron chi connectivity index (χ3n) is 3.37. The van der Waals surface area contributed by atoms with Crippen LogP contribution in [0, 0.1) is 7.11 Å². The lowest BCUT2D eigenvalue weighted by molar-refractivity contribution is -0.157. The number of carbonyl (C=O) groups is 2. The van der Waals surface area contributed by atoms with Crippen LogP contribution < -0.4 is 0 Å². The highest BCUT2D eigenvalue weighted by molar-refractivity contribution is 9.10. The standard InChI is InChI=1S/C9H11BrNO5S/c1-9(2)5(8(13)16-3)11-6(12)4(10)7(11)17(9,14)15/h4-5,7H,3H2,1-2H3/t4-,5+,7-/m1/s1.